The minimum Gasteiger partial charge on any atom is -0.341 e. The number of hydrogen-bond donors (Lipinski definition) is 2. The van der Waals surface area contributed by atoms with Crippen molar-refractivity contribution in [1.82, 2.24) is 14.9 Å². The molecule has 0 saturated carbocycles. The van der Waals surface area contributed by atoms with E-state index >= 15 is 0 Å². The summed E-state index contributed by atoms with van der Waals surface area (Å²) in [5.74, 6) is -0.227. The average Bonchev–Trinajstić information content (AvgIpc) is 2.54. The van der Waals surface area contributed by atoms with E-state index in [0.29, 0.717) is 5.02 Å². The molecule has 1 heterocycles. The SMILES string of the molecule is CC(NS(=O)(=O)c1ccc(Cl)cc1)C(=O)N(C)C1CCNCC1.Cl. The van der Waals surface area contributed by atoms with E-state index in [4.69, 9.17) is 11.6 Å². The number of sulfonamides is 1. The fraction of sp³-hybridized carbons (Fsp3) is 0.533. The Labute approximate surface area is 154 Å². The molecule has 1 amide bonds. The largest absolute Gasteiger partial charge is 0.341 e. The zero-order chi connectivity index (χ0) is 17.0. The molecule has 1 aliphatic rings. The van der Waals surface area contributed by atoms with Crippen LogP contribution in [0.15, 0.2) is 29.2 Å². The Morgan fingerprint density at radius 3 is 2.38 bits per heavy atom. The van der Waals surface area contributed by atoms with Crippen molar-refractivity contribution in [2.45, 2.75) is 36.7 Å². The van der Waals surface area contributed by atoms with E-state index in [-0.39, 0.29) is 29.3 Å². The van der Waals surface area contributed by atoms with E-state index in [9.17, 15) is 13.2 Å². The number of hydrogen-bond acceptors (Lipinski definition) is 4. The van der Waals surface area contributed by atoms with Crippen LogP contribution in [0.1, 0.15) is 19.8 Å². The minimum atomic E-state index is -3.75. The molecule has 9 heteroatoms. The Bertz CT molecular complexity index is 646. The van der Waals surface area contributed by atoms with Crippen molar-refractivity contribution in [2.75, 3.05) is 20.1 Å². The zero-order valence-corrected chi connectivity index (χ0v) is 16.0. The molecule has 0 bridgehead atoms. The summed E-state index contributed by atoms with van der Waals surface area (Å²) in [7, 11) is -2.03. The molecule has 2 N–H and O–H groups in total. The van der Waals surface area contributed by atoms with Crippen LogP contribution in [0.5, 0.6) is 0 Å². The van der Waals surface area contributed by atoms with Gasteiger partial charge in [0.25, 0.3) is 0 Å². The summed E-state index contributed by atoms with van der Waals surface area (Å²) in [6, 6.07) is 5.16. The first-order chi connectivity index (χ1) is 10.8. The van der Waals surface area contributed by atoms with Crippen molar-refractivity contribution < 1.29 is 13.2 Å². The van der Waals surface area contributed by atoms with Gasteiger partial charge in [0.1, 0.15) is 0 Å². The summed E-state index contributed by atoms with van der Waals surface area (Å²) in [6.45, 7) is 3.30. The quantitative estimate of drug-likeness (QED) is 0.793. The molecule has 6 nitrogen and oxygen atoms in total. The standard InChI is InChI=1S/C15H22ClN3O3S.ClH/c1-11(15(20)19(2)13-7-9-17-10-8-13)18-23(21,22)14-5-3-12(16)4-6-14;/h3-6,11,13,17-18H,7-10H2,1-2H3;1H. The maximum Gasteiger partial charge on any atom is 0.241 e. The van der Waals surface area contributed by atoms with Crippen molar-refractivity contribution in [2.24, 2.45) is 0 Å². The number of piperidine rings is 1. The van der Waals surface area contributed by atoms with Gasteiger partial charge in [-0.15, -0.1) is 12.4 Å². The van der Waals surface area contributed by atoms with E-state index in [1.807, 2.05) is 0 Å². The molecule has 24 heavy (non-hydrogen) atoms. The third kappa shape index (κ3) is 5.32. The van der Waals surface area contributed by atoms with Crippen LogP contribution in [-0.4, -0.2) is 51.4 Å². The van der Waals surface area contributed by atoms with Crippen LogP contribution in [0.3, 0.4) is 0 Å². The maximum absolute atomic E-state index is 12.5. The summed E-state index contributed by atoms with van der Waals surface area (Å²) in [4.78, 5) is 14.2. The fourth-order valence-electron chi connectivity index (χ4n) is 2.64. The Kier molecular flexibility index (Phi) is 7.95. The van der Waals surface area contributed by atoms with Crippen molar-refractivity contribution in [3.63, 3.8) is 0 Å². The fourth-order valence-corrected chi connectivity index (χ4v) is 3.97. The van der Waals surface area contributed by atoms with Crippen LogP contribution in [-0.2, 0) is 14.8 Å². The highest BCUT2D eigenvalue weighted by Gasteiger charge is 2.28. The molecule has 0 radical (unpaired) electrons. The molecular weight excluding hydrogens is 373 g/mol. The molecule has 1 fully saturated rings. The van der Waals surface area contributed by atoms with Gasteiger partial charge in [0.15, 0.2) is 0 Å². The van der Waals surface area contributed by atoms with Gasteiger partial charge in [-0.3, -0.25) is 4.79 Å². The second-order valence-electron chi connectivity index (χ2n) is 5.73. The second kappa shape index (κ2) is 9.01. The predicted octanol–water partition coefficient (Wildman–Crippen LogP) is 1.64. The lowest BCUT2D eigenvalue weighted by Crippen LogP contribution is -2.51. The molecular formula is C15H23Cl2N3O3S. The molecule has 0 aliphatic carbocycles. The number of carbonyl (C=O) groups is 1. The highest BCUT2D eigenvalue weighted by molar-refractivity contribution is 7.89. The lowest BCUT2D eigenvalue weighted by atomic mass is 10.0. The van der Waals surface area contributed by atoms with Gasteiger partial charge in [-0.1, -0.05) is 11.6 Å². The summed E-state index contributed by atoms with van der Waals surface area (Å²) in [5, 5.41) is 3.70. The van der Waals surface area contributed by atoms with Crippen LogP contribution in [0.2, 0.25) is 5.02 Å². The van der Waals surface area contributed by atoms with E-state index in [1.165, 1.54) is 24.3 Å². The van der Waals surface area contributed by atoms with Gasteiger partial charge in [-0.05, 0) is 57.1 Å². The van der Waals surface area contributed by atoms with E-state index < -0.39 is 16.1 Å². The van der Waals surface area contributed by atoms with Gasteiger partial charge in [0.05, 0.1) is 10.9 Å². The Morgan fingerprint density at radius 2 is 1.83 bits per heavy atom. The number of halogens is 2. The molecule has 1 atom stereocenters. The average molecular weight is 396 g/mol. The van der Waals surface area contributed by atoms with Crippen molar-refractivity contribution in [1.29, 1.82) is 0 Å². The van der Waals surface area contributed by atoms with Gasteiger partial charge in [-0.2, -0.15) is 4.72 Å². The topological polar surface area (TPSA) is 78.5 Å². The van der Waals surface area contributed by atoms with Crippen LogP contribution >= 0.6 is 24.0 Å². The molecule has 1 aromatic carbocycles. The summed E-state index contributed by atoms with van der Waals surface area (Å²) >= 11 is 5.76. The lowest BCUT2D eigenvalue weighted by molar-refractivity contribution is -0.133. The number of nitrogens with zero attached hydrogens (tertiary/aromatic N) is 1. The third-order valence-corrected chi connectivity index (χ3v) is 5.84. The number of nitrogens with one attached hydrogen (secondary N) is 2. The second-order valence-corrected chi connectivity index (χ2v) is 7.88. The summed E-state index contributed by atoms with van der Waals surface area (Å²) in [6.07, 6.45) is 1.75. The van der Waals surface area contributed by atoms with Crippen LogP contribution < -0.4 is 10.0 Å². The highest BCUT2D eigenvalue weighted by atomic mass is 35.5. The van der Waals surface area contributed by atoms with E-state index in [2.05, 4.69) is 10.0 Å². The first kappa shape index (κ1) is 21.2. The monoisotopic (exact) mass is 395 g/mol. The first-order valence-corrected chi connectivity index (χ1v) is 9.42. The number of rotatable bonds is 5. The molecule has 0 spiro atoms. The molecule has 0 aromatic heterocycles. The van der Waals surface area contributed by atoms with Crippen LogP contribution in [0.4, 0.5) is 0 Å². The smallest absolute Gasteiger partial charge is 0.241 e. The van der Waals surface area contributed by atoms with Gasteiger partial charge in [-0.25, -0.2) is 8.42 Å². The molecule has 1 aromatic rings. The zero-order valence-electron chi connectivity index (χ0n) is 13.7. The molecule has 1 unspecified atom stereocenters. The Balaban J connectivity index is 0.00000288. The molecule has 136 valence electrons. The van der Waals surface area contributed by atoms with Crippen LogP contribution in [0, 0.1) is 0 Å². The van der Waals surface area contributed by atoms with Gasteiger partial charge in [0, 0.05) is 18.1 Å². The van der Waals surface area contributed by atoms with Crippen molar-refractivity contribution >= 4 is 39.9 Å². The Hall–Kier alpha value is -0.860. The van der Waals surface area contributed by atoms with E-state index in [1.54, 1.807) is 18.9 Å². The van der Waals surface area contributed by atoms with Crippen molar-refractivity contribution in [3.05, 3.63) is 29.3 Å². The van der Waals surface area contributed by atoms with Crippen molar-refractivity contribution in [3.8, 4) is 0 Å². The molecule has 1 saturated heterocycles. The predicted molar refractivity (Wildman–Crippen MR) is 97.1 cm³/mol. The summed E-state index contributed by atoms with van der Waals surface area (Å²) < 4.78 is 27.1. The molecule has 2 rings (SSSR count). The highest BCUT2D eigenvalue weighted by Crippen LogP contribution is 2.15. The number of amides is 1. The maximum atomic E-state index is 12.5. The number of likely N-dealkylation sites (N-methyl/N-ethyl adjacent to an activating group) is 1. The van der Waals surface area contributed by atoms with E-state index in [0.717, 1.165) is 25.9 Å². The third-order valence-electron chi connectivity index (χ3n) is 4.03. The summed E-state index contributed by atoms with van der Waals surface area (Å²) in [5.41, 5.74) is 0. The number of benzene rings is 1. The minimum absolute atomic E-state index is 0. The lowest BCUT2D eigenvalue weighted by Gasteiger charge is -2.33. The first-order valence-electron chi connectivity index (χ1n) is 7.56. The Morgan fingerprint density at radius 1 is 1.29 bits per heavy atom. The van der Waals surface area contributed by atoms with Crippen LogP contribution in [0.25, 0.3) is 0 Å². The van der Waals surface area contributed by atoms with Gasteiger partial charge >= 0.3 is 0 Å². The van der Waals surface area contributed by atoms with Gasteiger partial charge in [0.2, 0.25) is 15.9 Å². The molecule has 1 aliphatic heterocycles. The normalized spacial score (nSPS) is 17.0. The number of carbonyl (C=O) groups excluding carboxylic acids is 1. The van der Waals surface area contributed by atoms with Gasteiger partial charge < -0.3 is 10.2 Å².